The molecule has 0 aliphatic carbocycles. The second kappa shape index (κ2) is 3.67. The van der Waals surface area contributed by atoms with Gasteiger partial charge in [-0.15, -0.1) is 0 Å². The molecule has 0 N–H and O–H groups in total. The largest absolute Gasteiger partial charge is 0.0620 e. The molecule has 2 rings (SSSR count). The summed E-state index contributed by atoms with van der Waals surface area (Å²) in [5.41, 5.74) is 4.94. The Hall–Kier alpha value is -1.56. The summed E-state index contributed by atoms with van der Waals surface area (Å²) in [6, 6.07) is 18.0. The van der Waals surface area contributed by atoms with Gasteiger partial charge < -0.3 is 0 Å². The van der Waals surface area contributed by atoms with Crippen LogP contribution in [-0.4, -0.2) is 0 Å². The predicted octanol–water partition coefficient (Wildman–Crippen LogP) is 3.77. The van der Waals surface area contributed by atoms with Gasteiger partial charge >= 0.3 is 0 Å². The monoisotopic (exact) mass is 181 g/mol. The van der Waals surface area contributed by atoms with Gasteiger partial charge in [0.05, 0.1) is 0 Å². The Bertz CT molecular complexity index is 441. The van der Waals surface area contributed by atoms with Crippen LogP contribution in [0.3, 0.4) is 0 Å². The van der Waals surface area contributed by atoms with E-state index >= 15 is 0 Å². The van der Waals surface area contributed by atoms with Gasteiger partial charge in [-0.05, 0) is 42.2 Å². The van der Waals surface area contributed by atoms with E-state index in [1.54, 1.807) is 0 Å². The normalized spacial score (nSPS) is 10.1. The van der Waals surface area contributed by atoms with Crippen molar-refractivity contribution >= 4 is 0 Å². The fourth-order valence-corrected chi connectivity index (χ4v) is 1.62. The molecule has 0 amide bonds. The fourth-order valence-electron chi connectivity index (χ4n) is 1.62. The van der Waals surface area contributed by atoms with E-state index in [0.717, 1.165) is 0 Å². The van der Waals surface area contributed by atoms with E-state index in [2.05, 4.69) is 62.4 Å². The number of rotatable bonds is 1. The van der Waals surface area contributed by atoms with E-state index < -0.39 is 0 Å². The Balaban J connectivity index is 2.55. The molecule has 0 spiro atoms. The van der Waals surface area contributed by atoms with Crippen molar-refractivity contribution in [3.05, 3.63) is 59.7 Å². The minimum Gasteiger partial charge on any atom is -0.0620 e. The molecule has 0 atom stereocenters. The maximum Gasteiger partial charge on any atom is -0.00671 e. The fraction of sp³-hybridized carbons (Fsp3) is 0.143. The van der Waals surface area contributed by atoms with Crippen molar-refractivity contribution in [3.8, 4) is 11.1 Å². The summed E-state index contributed by atoms with van der Waals surface area (Å²) >= 11 is 0. The van der Waals surface area contributed by atoms with E-state index in [1.807, 2.05) is 0 Å². The number of benzene rings is 2. The van der Waals surface area contributed by atoms with Crippen molar-refractivity contribution < 1.29 is 0 Å². The van der Waals surface area contributed by atoms with Gasteiger partial charge in [0, 0.05) is 0 Å². The molecule has 0 unspecified atom stereocenters. The van der Waals surface area contributed by atoms with Crippen LogP contribution in [0.4, 0.5) is 0 Å². The van der Waals surface area contributed by atoms with Crippen molar-refractivity contribution in [2.45, 2.75) is 13.8 Å². The van der Waals surface area contributed by atoms with Crippen LogP contribution in [0.25, 0.3) is 11.1 Å². The second-order valence-corrected chi connectivity index (χ2v) is 3.56. The van der Waals surface area contributed by atoms with Crippen LogP contribution in [0.1, 0.15) is 11.1 Å². The first kappa shape index (κ1) is 9.01. The van der Waals surface area contributed by atoms with E-state index in [1.165, 1.54) is 22.3 Å². The Morgan fingerprint density at radius 2 is 1.64 bits per heavy atom. The highest BCUT2D eigenvalue weighted by molar-refractivity contribution is 5.66. The van der Waals surface area contributed by atoms with Crippen molar-refractivity contribution in [1.29, 1.82) is 0 Å². The van der Waals surface area contributed by atoms with Gasteiger partial charge in [-0.2, -0.15) is 0 Å². The average molecular weight is 181 g/mol. The molecule has 2 aromatic carbocycles. The highest BCUT2D eigenvalue weighted by Gasteiger charge is 2.00. The zero-order valence-corrected chi connectivity index (χ0v) is 8.54. The quantitative estimate of drug-likeness (QED) is 0.628. The van der Waals surface area contributed by atoms with Gasteiger partial charge in [-0.1, -0.05) is 42.5 Å². The van der Waals surface area contributed by atoms with Crippen molar-refractivity contribution in [3.63, 3.8) is 0 Å². The third-order valence-electron chi connectivity index (χ3n) is 2.38. The lowest BCUT2D eigenvalue weighted by molar-refractivity contribution is 1.42. The van der Waals surface area contributed by atoms with E-state index in [9.17, 15) is 0 Å². The first-order chi connectivity index (χ1) is 6.77. The highest BCUT2D eigenvalue weighted by Crippen LogP contribution is 2.22. The van der Waals surface area contributed by atoms with Crippen LogP contribution >= 0.6 is 0 Å². The van der Waals surface area contributed by atoms with E-state index in [4.69, 9.17) is 0 Å². The maximum atomic E-state index is 3.36. The third-order valence-corrected chi connectivity index (χ3v) is 2.38. The molecule has 2 aromatic rings. The molecular weight excluding hydrogens is 168 g/mol. The van der Waals surface area contributed by atoms with Gasteiger partial charge in [0.15, 0.2) is 0 Å². The molecule has 0 aromatic heterocycles. The van der Waals surface area contributed by atoms with Crippen LogP contribution < -0.4 is 0 Å². The SMILES string of the molecule is Cc1[c]c(-c2ccccc2C)ccc1. The lowest BCUT2D eigenvalue weighted by Gasteiger charge is -2.05. The molecule has 0 saturated heterocycles. The molecule has 0 heteroatoms. The lowest BCUT2D eigenvalue weighted by atomic mass is 9.99. The lowest BCUT2D eigenvalue weighted by Crippen LogP contribution is -1.83. The Kier molecular flexibility index (Phi) is 2.36. The van der Waals surface area contributed by atoms with Crippen LogP contribution in [0.2, 0.25) is 0 Å². The maximum absolute atomic E-state index is 3.36. The van der Waals surface area contributed by atoms with Crippen LogP contribution in [0, 0.1) is 19.9 Å². The third kappa shape index (κ3) is 1.69. The summed E-state index contributed by atoms with van der Waals surface area (Å²) in [4.78, 5) is 0. The molecular formula is C14H13. The Labute approximate surface area is 85.2 Å². The van der Waals surface area contributed by atoms with Crippen molar-refractivity contribution in [2.24, 2.45) is 0 Å². The molecule has 14 heavy (non-hydrogen) atoms. The number of aryl methyl sites for hydroxylation is 2. The molecule has 0 bridgehead atoms. The molecule has 0 fully saturated rings. The Morgan fingerprint density at radius 1 is 0.857 bits per heavy atom. The summed E-state index contributed by atoms with van der Waals surface area (Å²) in [5.74, 6) is 0. The first-order valence-corrected chi connectivity index (χ1v) is 4.82. The van der Waals surface area contributed by atoms with Gasteiger partial charge in [0.2, 0.25) is 0 Å². The first-order valence-electron chi connectivity index (χ1n) is 4.82. The summed E-state index contributed by atoms with van der Waals surface area (Å²) in [6.07, 6.45) is 0. The minimum absolute atomic E-state index is 1.18. The molecule has 0 nitrogen and oxygen atoms in total. The molecule has 0 heterocycles. The zero-order valence-electron chi connectivity index (χ0n) is 8.54. The molecule has 0 saturated carbocycles. The van der Waals surface area contributed by atoms with Crippen molar-refractivity contribution in [2.75, 3.05) is 0 Å². The van der Waals surface area contributed by atoms with Gasteiger partial charge in [-0.3, -0.25) is 0 Å². The van der Waals surface area contributed by atoms with Crippen LogP contribution in [0.15, 0.2) is 42.5 Å². The standard InChI is InChI=1S/C14H13/c1-11-6-5-8-13(10-11)14-9-4-3-7-12(14)2/h3-9H,1-2H3. The predicted molar refractivity (Wildman–Crippen MR) is 60.2 cm³/mol. The summed E-state index contributed by atoms with van der Waals surface area (Å²) in [5, 5.41) is 0. The zero-order chi connectivity index (χ0) is 9.97. The summed E-state index contributed by atoms with van der Waals surface area (Å²) in [6.45, 7) is 4.20. The van der Waals surface area contributed by atoms with E-state index in [0.29, 0.717) is 0 Å². The average Bonchev–Trinajstić information content (AvgIpc) is 2.18. The molecule has 0 aliphatic heterocycles. The summed E-state index contributed by atoms with van der Waals surface area (Å²) in [7, 11) is 0. The van der Waals surface area contributed by atoms with Gasteiger partial charge in [-0.25, -0.2) is 0 Å². The Morgan fingerprint density at radius 3 is 2.36 bits per heavy atom. The molecule has 69 valence electrons. The smallest absolute Gasteiger partial charge is 0.00671 e. The topological polar surface area (TPSA) is 0 Å². The molecule has 1 radical (unpaired) electrons. The molecule has 0 aliphatic rings. The second-order valence-electron chi connectivity index (χ2n) is 3.56. The number of hydrogen-bond donors (Lipinski definition) is 0. The minimum atomic E-state index is 1.18. The van der Waals surface area contributed by atoms with Crippen LogP contribution in [0.5, 0.6) is 0 Å². The van der Waals surface area contributed by atoms with Crippen molar-refractivity contribution in [1.82, 2.24) is 0 Å². The van der Waals surface area contributed by atoms with Gasteiger partial charge in [0.1, 0.15) is 0 Å². The van der Waals surface area contributed by atoms with Crippen LogP contribution in [-0.2, 0) is 0 Å². The van der Waals surface area contributed by atoms with Gasteiger partial charge in [0.25, 0.3) is 0 Å². The van der Waals surface area contributed by atoms with E-state index in [-0.39, 0.29) is 0 Å². The summed E-state index contributed by atoms with van der Waals surface area (Å²) < 4.78 is 0. The number of hydrogen-bond acceptors (Lipinski definition) is 0. The highest BCUT2D eigenvalue weighted by atomic mass is 14.0.